The van der Waals surface area contributed by atoms with Crippen molar-refractivity contribution in [2.45, 2.75) is 27.7 Å². The molecule has 1 heterocycles. The Morgan fingerprint density at radius 2 is 1.23 bits per heavy atom. The smallest absolute Gasteiger partial charge is 0.317 e. The van der Waals surface area contributed by atoms with Crippen molar-refractivity contribution in [3.8, 4) is 0 Å². The highest BCUT2D eigenvalue weighted by Crippen LogP contribution is 2.15. The van der Waals surface area contributed by atoms with E-state index < -0.39 is 5.97 Å². The lowest BCUT2D eigenvalue weighted by atomic mass is 9.90. The fourth-order valence-electron chi connectivity index (χ4n) is 2.90. The fraction of sp³-hybridized carbons (Fsp3) is 0.895. The highest BCUT2D eigenvalue weighted by molar-refractivity contribution is 5.85. The Morgan fingerprint density at radius 3 is 1.69 bits per heavy atom. The number of hydrogen-bond acceptors (Lipinski definition) is 6. The second kappa shape index (κ2) is 11.0. The molecule has 1 saturated heterocycles. The van der Waals surface area contributed by atoms with Crippen molar-refractivity contribution in [3.05, 3.63) is 0 Å². The summed E-state index contributed by atoms with van der Waals surface area (Å²) in [5.41, 5.74) is -0.349. The number of aliphatic carboxylic acids is 1. The van der Waals surface area contributed by atoms with Crippen LogP contribution in [-0.2, 0) is 9.59 Å². The average Bonchev–Trinajstić information content (AvgIpc) is 2.54. The van der Waals surface area contributed by atoms with Crippen LogP contribution >= 0.6 is 0 Å². The van der Waals surface area contributed by atoms with Crippen LogP contribution in [0.2, 0.25) is 0 Å². The monoisotopic (exact) mass is 370 g/mol. The van der Waals surface area contributed by atoms with E-state index in [1.54, 1.807) is 0 Å². The highest BCUT2D eigenvalue weighted by Gasteiger charge is 2.24. The maximum atomic E-state index is 12.5. The van der Waals surface area contributed by atoms with E-state index in [-0.39, 0.29) is 17.7 Å². The summed E-state index contributed by atoms with van der Waals surface area (Å²) in [6.07, 6.45) is 0. The third-order valence-corrected chi connectivity index (χ3v) is 5.07. The number of hydrogen-bond donors (Lipinski definition) is 1. The number of ketones is 1. The van der Waals surface area contributed by atoms with Gasteiger partial charge in [-0.2, -0.15) is 0 Å². The Balaban J connectivity index is 2.79. The third kappa shape index (κ3) is 9.07. The van der Waals surface area contributed by atoms with Gasteiger partial charge in [0.25, 0.3) is 0 Å². The molecule has 26 heavy (non-hydrogen) atoms. The minimum atomic E-state index is -0.794. The van der Waals surface area contributed by atoms with Gasteiger partial charge in [-0.3, -0.25) is 19.4 Å². The molecule has 152 valence electrons. The minimum Gasteiger partial charge on any atom is -0.480 e. The van der Waals surface area contributed by atoms with Crippen molar-refractivity contribution in [3.63, 3.8) is 0 Å². The molecule has 7 nitrogen and oxygen atoms in total. The zero-order valence-electron chi connectivity index (χ0n) is 17.3. The first kappa shape index (κ1) is 23.0. The molecule has 1 aliphatic rings. The zero-order valence-corrected chi connectivity index (χ0v) is 17.3. The largest absolute Gasteiger partial charge is 0.480 e. The Hall–Kier alpha value is -1.02. The fourth-order valence-corrected chi connectivity index (χ4v) is 2.90. The first-order valence-electron chi connectivity index (χ1n) is 9.72. The minimum absolute atomic E-state index is 0.0541. The molecule has 1 rings (SSSR count). The van der Waals surface area contributed by atoms with Crippen molar-refractivity contribution in [1.29, 1.82) is 0 Å². The summed E-state index contributed by atoms with van der Waals surface area (Å²) in [6.45, 7) is 16.2. The average molecular weight is 371 g/mol. The second-order valence-corrected chi connectivity index (χ2v) is 8.36. The summed E-state index contributed by atoms with van der Waals surface area (Å²) >= 11 is 0. The molecule has 1 aliphatic heterocycles. The van der Waals surface area contributed by atoms with Gasteiger partial charge in [-0.05, 0) is 13.6 Å². The van der Waals surface area contributed by atoms with Crippen LogP contribution in [0.4, 0.5) is 0 Å². The zero-order chi connectivity index (χ0) is 19.7. The molecule has 0 aromatic carbocycles. The summed E-state index contributed by atoms with van der Waals surface area (Å²) in [6, 6.07) is 0. The number of rotatable bonds is 5. The van der Waals surface area contributed by atoms with Gasteiger partial charge in [-0.1, -0.05) is 27.7 Å². The molecule has 0 saturated carbocycles. The summed E-state index contributed by atoms with van der Waals surface area (Å²) in [7, 11) is 2.13. The molecule has 0 atom stereocenters. The van der Waals surface area contributed by atoms with Crippen molar-refractivity contribution in [1.82, 2.24) is 19.6 Å². The molecule has 0 aromatic rings. The van der Waals surface area contributed by atoms with Crippen molar-refractivity contribution in [2.75, 3.05) is 79.0 Å². The number of Topliss-reactive ketones (excluding diaryl/α,β-unsaturated/α-hetero) is 1. The summed E-state index contributed by atoms with van der Waals surface area (Å²) in [5.74, 6) is -0.564. The molecule has 1 fully saturated rings. The Bertz CT molecular complexity index is 451. The second-order valence-electron chi connectivity index (χ2n) is 8.36. The van der Waals surface area contributed by atoms with Gasteiger partial charge in [0.1, 0.15) is 0 Å². The van der Waals surface area contributed by atoms with Gasteiger partial charge in [0.15, 0.2) is 5.78 Å². The van der Waals surface area contributed by atoms with Crippen LogP contribution in [0.1, 0.15) is 27.7 Å². The molecular weight excluding hydrogens is 332 g/mol. The van der Waals surface area contributed by atoms with Gasteiger partial charge in [0.2, 0.25) is 0 Å². The molecule has 0 aliphatic carbocycles. The van der Waals surface area contributed by atoms with Crippen LogP contribution in [0, 0.1) is 5.41 Å². The molecule has 0 radical (unpaired) electrons. The van der Waals surface area contributed by atoms with Gasteiger partial charge in [-0.15, -0.1) is 0 Å². The Kier molecular flexibility index (Phi) is 9.71. The normalized spacial score (nSPS) is 21.1. The molecule has 0 bridgehead atoms. The van der Waals surface area contributed by atoms with E-state index in [1.165, 1.54) is 0 Å². The standard InChI is InChI=1S/C19H38N4O3/c1-6-21-9-7-20(5)8-10-22(15-17(24)19(2,3)4)13-14-23(12-11-21)16-18(25)26/h6-16H2,1-5H3,(H,25,26). The molecule has 0 amide bonds. The highest BCUT2D eigenvalue weighted by atomic mass is 16.4. The van der Waals surface area contributed by atoms with Crippen LogP contribution in [-0.4, -0.2) is 115 Å². The molecule has 7 heteroatoms. The van der Waals surface area contributed by atoms with E-state index in [4.69, 9.17) is 0 Å². The Morgan fingerprint density at radius 1 is 0.808 bits per heavy atom. The lowest BCUT2D eigenvalue weighted by molar-refractivity contribution is -0.138. The lowest BCUT2D eigenvalue weighted by Crippen LogP contribution is -2.47. The number of nitrogens with zero attached hydrogens (tertiary/aromatic N) is 4. The first-order valence-corrected chi connectivity index (χ1v) is 9.72. The lowest BCUT2D eigenvalue weighted by Gasteiger charge is -2.33. The summed E-state index contributed by atoms with van der Waals surface area (Å²) in [5, 5.41) is 9.20. The van der Waals surface area contributed by atoms with Crippen molar-refractivity contribution >= 4 is 11.8 Å². The van der Waals surface area contributed by atoms with E-state index in [0.29, 0.717) is 13.1 Å². The van der Waals surface area contributed by atoms with Crippen LogP contribution in [0.5, 0.6) is 0 Å². The van der Waals surface area contributed by atoms with Crippen LogP contribution in [0.15, 0.2) is 0 Å². The van der Waals surface area contributed by atoms with Gasteiger partial charge >= 0.3 is 5.97 Å². The number of likely N-dealkylation sites (N-methyl/N-ethyl adjacent to an activating group) is 2. The van der Waals surface area contributed by atoms with E-state index in [1.807, 2.05) is 25.7 Å². The van der Waals surface area contributed by atoms with E-state index in [2.05, 4.69) is 28.7 Å². The quantitative estimate of drug-likeness (QED) is 0.758. The third-order valence-electron chi connectivity index (χ3n) is 5.07. The van der Waals surface area contributed by atoms with Gasteiger partial charge in [0.05, 0.1) is 13.1 Å². The van der Waals surface area contributed by atoms with Gasteiger partial charge in [0, 0.05) is 57.8 Å². The van der Waals surface area contributed by atoms with Gasteiger partial charge in [-0.25, -0.2) is 0 Å². The summed E-state index contributed by atoms with van der Waals surface area (Å²) < 4.78 is 0. The van der Waals surface area contributed by atoms with Crippen LogP contribution in [0.25, 0.3) is 0 Å². The maximum Gasteiger partial charge on any atom is 0.317 e. The molecule has 0 aromatic heterocycles. The van der Waals surface area contributed by atoms with Crippen molar-refractivity contribution in [2.24, 2.45) is 5.41 Å². The number of carbonyl (C=O) groups is 2. The molecular formula is C19H38N4O3. The topological polar surface area (TPSA) is 67.3 Å². The van der Waals surface area contributed by atoms with E-state index in [0.717, 1.165) is 52.4 Å². The van der Waals surface area contributed by atoms with E-state index in [9.17, 15) is 14.7 Å². The van der Waals surface area contributed by atoms with E-state index >= 15 is 0 Å². The molecule has 0 spiro atoms. The predicted octanol–water partition coefficient (Wildman–Crippen LogP) is 0.558. The van der Waals surface area contributed by atoms with Crippen LogP contribution < -0.4 is 0 Å². The molecule has 0 unspecified atom stereocenters. The Labute approximate surface area is 158 Å². The van der Waals surface area contributed by atoms with Crippen LogP contribution in [0.3, 0.4) is 0 Å². The number of carboxylic acids is 1. The maximum absolute atomic E-state index is 12.5. The molecule has 1 N–H and O–H groups in total. The number of carbonyl (C=O) groups excluding carboxylic acids is 1. The predicted molar refractivity (Wildman–Crippen MR) is 105 cm³/mol. The SMILES string of the molecule is CCN1CCN(C)CCN(CC(=O)C(C)(C)C)CCN(CC(=O)O)CC1. The van der Waals surface area contributed by atoms with Gasteiger partial charge < -0.3 is 14.9 Å². The number of carboxylic acid groups (broad SMARTS) is 1. The summed E-state index contributed by atoms with van der Waals surface area (Å²) in [4.78, 5) is 32.5. The van der Waals surface area contributed by atoms with Crippen molar-refractivity contribution < 1.29 is 14.7 Å². The first-order chi connectivity index (χ1) is 12.1.